The standard InChI is InChI=1S/C4H4N2O/c7-3-4-5-1-2-6-4/h1-4H. The summed E-state index contributed by atoms with van der Waals surface area (Å²) in [5, 5.41) is 0. The molecule has 0 bridgehead atoms. The van der Waals surface area contributed by atoms with E-state index in [4.69, 9.17) is 0 Å². The molecule has 1 aliphatic rings. The summed E-state index contributed by atoms with van der Waals surface area (Å²) in [5.74, 6) is 0. The van der Waals surface area contributed by atoms with Crippen LogP contribution in [0.25, 0.3) is 0 Å². The number of carbonyl (C=O) groups is 1. The first kappa shape index (κ1) is 4.18. The number of carbonyl (C=O) groups excluding carboxylic acids is 1. The minimum absolute atomic E-state index is 0.444. The van der Waals surface area contributed by atoms with Gasteiger partial charge in [-0.3, -0.25) is 14.8 Å². The van der Waals surface area contributed by atoms with E-state index in [0.717, 1.165) is 0 Å². The van der Waals surface area contributed by atoms with Crippen molar-refractivity contribution in [3.63, 3.8) is 0 Å². The second-order valence-electron chi connectivity index (χ2n) is 1.15. The van der Waals surface area contributed by atoms with Gasteiger partial charge in [0, 0.05) is 12.4 Å². The lowest BCUT2D eigenvalue weighted by atomic mass is 10.6. The lowest BCUT2D eigenvalue weighted by Gasteiger charge is -1.83. The molecule has 0 radical (unpaired) electrons. The van der Waals surface area contributed by atoms with Crippen molar-refractivity contribution in [1.29, 1.82) is 0 Å². The summed E-state index contributed by atoms with van der Waals surface area (Å²) in [5.41, 5.74) is 0. The molecule has 3 nitrogen and oxygen atoms in total. The van der Waals surface area contributed by atoms with Crippen LogP contribution in [0.2, 0.25) is 0 Å². The van der Waals surface area contributed by atoms with Crippen molar-refractivity contribution in [3.05, 3.63) is 0 Å². The van der Waals surface area contributed by atoms with Crippen LogP contribution in [0, 0.1) is 0 Å². The minimum Gasteiger partial charge on any atom is -0.299 e. The lowest BCUT2D eigenvalue weighted by molar-refractivity contribution is -0.108. The van der Waals surface area contributed by atoms with E-state index >= 15 is 0 Å². The van der Waals surface area contributed by atoms with E-state index in [2.05, 4.69) is 9.98 Å². The first-order chi connectivity index (χ1) is 3.43. The second-order valence-corrected chi connectivity index (χ2v) is 1.15. The summed E-state index contributed by atoms with van der Waals surface area (Å²) in [4.78, 5) is 17.1. The molecule has 0 saturated heterocycles. The number of nitrogens with zero attached hydrogens (tertiary/aromatic N) is 2. The number of hydrogen-bond donors (Lipinski definition) is 0. The van der Waals surface area contributed by atoms with E-state index in [1.54, 1.807) is 0 Å². The molecule has 1 rings (SSSR count). The quantitative estimate of drug-likeness (QED) is 0.412. The molecule has 0 aromatic carbocycles. The Hall–Kier alpha value is -0.990. The topological polar surface area (TPSA) is 41.8 Å². The fourth-order valence-corrected chi connectivity index (χ4v) is 0.362. The Balaban J connectivity index is 2.59. The summed E-state index contributed by atoms with van der Waals surface area (Å²) in [7, 11) is 0. The third kappa shape index (κ3) is 0.707. The van der Waals surface area contributed by atoms with Gasteiger partial charge in [0.05, 0.1) is 0 Å². The number of hydrogen-bond acceptors (Lipinski definition) is 3. The molecule has 3 heteroatoms. The highest BCUT2D eigenvalue weighted by atomic mass is 16.1. The summed E-state index contributed by atoms with van der Waals surface area (Å²) in [6, 6.07) is 0. The van der Waals surface area contributed by atoms with Crippen molar-refractivity contribution in [3.8, 4) is 0 Å². The van der Waals surface area contributed by atoms with E-state index in [0.29, 0.717) is 6.29 Å². The van der Waals surface area contributed by atoms with Crippen molar-refractivity contribution in [2.24, 2.45) is 9.98 Å². The summed E-state index contributed by atoms with van der Waals surface area (Å²) < 4.78 is 0. The van der Waals surface area contributed by atoms with Gasteiger partial charge in [0.1, 0.15) is 0 Å². The van der Waals surface area contributed by atoms with Crippen molar-refractivity contribution in [1.82, 2.24) is 0 Å². The number of rotatable bonds is 1. The first-order valence-corrected chi connectivity index (χ1v) is 1.94. The monoisotopic (exact) mass is 96.0 g/mol. The smallest absolute Gasteiger partial charge is 0.194 e. The van der Waals surface area contributed by atoms with Crippen LogP contribution >= 0.6 is 0 Å². The van der Waals surface area contributed by atoms with E-state index in [-0.39, 0.29) is 0 Å². The van der Waals surface area contributed by atoms with Crippen LogP contribution in [0.4, 0.5) is 0 Å². The first-order valence-electron chi connectivity index (χ1n) is 1.94. The molecule has 0 aromatic rings. The average Bonchev–Trinajstić information content (AvgIpc) is 2.14. The summed E-state index contributed by atoms with van der Waals surface area (Å²) in [6.07, 6.45) is 3.28. The summed E-state index contributed by atoms with van der Waals surface area (Å²) in [6.45, 7) is 0. The maximum absolute atomic E-state index is 9.78. The van der Waals surface area contributed by atoms with Gasteiger partial charge < -0.3 is 0 Å². The van der Waals surface area contributed by atoms with Gasteiger partial charge in [-0.25, -0.2) is 0 Å². The Morgan fingerprint density at radius 3 is 2.29 bits per heavy atom. The minimum atomic E-state index is -0.444. The predicted octanol–water partition coefficient (Wildman–Crippen LogP) is -0.333. The molecule has 0 aromatic heterocycles. The molecule has 0 saturated carbocycles. The Morgan fingerprint density at radius 1 is 1.43 bits per heavy atom. The van der Waals surface area contributed by atoms with E-state index in [9.17, 15) is 4.79 Å². The fraction of sp³-hybridized carbons (Fsp3) is 0.250. The van der Waals surface area contributed by atoms with Gasteiger partial charge in [0.15, 0.2) is 12.5 Å². The van der Waals surface area contributed by atoms with Crippen LogP contribution in [0.3, 0.4) is 0 Å². The highest BCUT2D eigenvalue weighted by Gasteiger charge is 1.99. The molecule has 1 heterocycles. The molecular formula is C4H4N2O. The highest BCUT2D eigenvalue weighted by molar-refractivity contribution is 6.18. The van der Waals surface area contributed by atoms with Crippen LogP contribution in [0.5, 0.6) is 0 Å². The molecule has 7 heavy (non-hydrogen) atoms. The molecule has 0 N–H and O–H groups in total. The fourth-order valence-electron chi connectivity index (χ4n) is 0.362. The SMILES string of the molecule is O=CC1N=CC=N1. The lowest BCUT2D eigenvalue weighted by Crippen LogP contribution is -1.95. The van der Waals surface area contributed by atoms with Crippen LogP contribution in [-0.4, -0.2) is 24.9 Å². The van der Waals surface area contributed by atoms with Crippen LogP contribution in [0.1, 0.15) is 0 Å². The molecule has 0 unspecified atom stereocenters. The zero-order chi connectivity index (χ0) is 5.11. The van der Waals surface area contributed by atoms with Crippen molar-refractivity contribution in [2.45, 2.75) is 6.17 Å². The Kier molecular flexibility index (Phi) is 0.978. The molecule has 0 aliphatic carbocycles. The van der Waals surface area contributed by atoms with Crippen molar-refractivity contribution in [2.75, 3.05) is 0 Å². The molecular weight excluding hydrogens is 92.1 g/mol. The van der Waals surface area contributed by atoms with Gasteiger partial charge in [0.2, 0.25) is 0 Å². The van der Waals surface area contributed by atoms with Gasteiger partial charge in [-0.05, 0) is 0 Å². The Bertz CT molecular complexity index is 116. The van der Waals surface area contributed by atoms with E-state index < -0.39 is 6.17 Å². The van der Waals surface area contributed by atoms with Gasteiger partial charge in [-0.2, -0.15) is 0 Å². The normalized spacial score (nSPS) is 18.3. The van der Waals surface area contributed by atoms with E-state index in [1.807, 2.05) is 0 Å². The van der Waals surface area contributed by atoms with Gasteiger partial charge in [-0.1, -0.05) is 0 Å². The third-order valence-corrected chi connectivity index (χ3v) is 0.666. The number of aliphatic imine (C=N–C) groups is 2. The van der Waals surface area contributed by atoms with Crippen LogP contribution in [0.15, 0.2) is 9.98 Å². The van der Waals surface area contributed by atoms with Gasteiger partial charge in [0.25, 0.3) is 0 Å². The Morgan fingerprint density at radius 2 is 2.00 bits per heavy atom. The largest absolute Gasteiger partial charge is 0.299 e. The van der Waals surface area contributed by atoms with Gasteiger partial charge in [-0.15, -0.1) is 0 Å². The van der Waals surface area contributed by atoms with Crippen LogP contribution in [-0.2, 0) is 4.79 Å². The van der Waals surface area contributed by atoms with Gasteiger partial charge >= 0.3 is 0 Å². The number of aldehydes is 1. The maximum atomic E-state index is 9.78. The average molecular weight is 96.1 g/mol. The molecule has 36 valence electrons. The highest BCUT2D eigenvalue weighted by Crippen LogP contribution is 1.89. The molecule has 0 spiro atoms. The summed E-state index contributed by atoms with van der Waals surface area (Å²) >= 11 is 0. The molecule has 0 atom stereocenters. The second kappa shape index (κ2) is 1.64. The molecule has 1 aliphatic heterocycles. The van der Waals surface area contributed by atoms with E-state index in [1.165, 1.54) is 12.4 Å². The van der Waals surface area contributed by atoms with Crippen molar-refractivity contribution < 1.29 is 4.79 Å². The maximum Gasteiger partial charge on any atom is 0.194 e. The molecule has 0 amide bonds. The zero-order valence-corrected chi connectivity index (χ0v) is 3.61. The van der Waals surface area contributed by atoms with Crippen molar-refractivity contribution >= 4 is 18.7 Å². The molecule has 0 fully saturated rings. The predicted molar refractivity (Wildman–Crippen MR) is 26.8 cm³/mol. The Labute approximate surface area is 40.8 Å². The third-order valence-electron chi connectivity index (χ3n) is 0.666. The zero-order valence-electron chi connectivity index (χ0n) is 3.61. The van der Waals surface area contributed by atoms with Crippen LogP contribution < -0.4 is 0 Å².